The van der Waals surface area contributed by atoms with Crippen molar-refractivity contribution in [2.24, 2.45) is 0 Å². The summed E-state index contributed by atoms with van der Waals surface area (Å²) >= 11 is 3.37. The molecule has 0 spiro atoms. The van der Waals surface area contributed by atoms with E-state index in [1.165, 1.54) is 16.8 Å². The average molecular weight is 312 g/mol. The van der Waals surface area contributed by atoms with Crippen LogP contribution in [0.3, 0.4) is 0 Å². The Bertz CT molecular complexity index is 637. The van der Waals surface area contributed by atoms with E-state index in [9.17, 15) is 10.1 Å². The number of halogens is 1. The summed E-state index contributed by atoms with van der Waals surface area (Å²) in [5, 5.41) is 15.2. The van der Waals surface area contributed by atoms with E-state index in [0.29, 0.717) is 0 Å². The van der Waals surface area contributed by atoms with Gasteiger partial charge in [0.05, 0.1) is 20.8 Å². The molecule has 0 atom stereocenters. The first kappa shape index (κ1) is 12.5. The molecule has 0 radical (unpaired) electrons. The van der Waals surface area contributed by atoms with Gasteiger partial charge in [0, 0.05) is 6.07 Å². The van der Waals surface area contributed by atoms with Crippen molar-refractivity contribution in [2.75, 3.05) is 5.73 Å². The quantitative estimate of drug-likeness (QED) is 0.676. The van der Waals surface area contributed by atoms with E-state index in [4.69, 9.17) is 5.73 Å². The molecule has 2 aromatic heterocycles. The highest BCUT2D eigenvalue weighted by Crippen LogP contribution is 2.27. The van der Waals surface area contributed by atoms with Gasteiger partial charge in [0.15, 0.2) is 0 Å². The zero-order valence-corrected chi connectivity index (χ0v) is 11.3. The maximum absolute atomic E-state index is 11.0. The molecule has 2 rings (SSSR count). The van der Waals surface area contributed by atoms with Gasteiger partial charge in [0.2, 0.25) is 5.82 Å². The van der Waals surface area contributed by atoms with Crippen molar-refractivity contribution in [1.29, 1.82) is 0 Å². The summed E-state index contributed by atoms with van der Waals surface area (Å²) in [4.78, 5) is 14.5. The summed E-state index contributed by atoms with van der Waals surface area (Å²) in [5.74, 6) is 0.325. The highest BCUT2D eigenvalue weighted by molar-refractivity contribution is 9.10. The second-order valence-electron chi connectivity index (χ2n) is 3.73. The smallest absolute Gasteiger partial charge is 0.313 e. The van der Waals surface area contributed by atoms with Crippen molar-refractivity contribution in [3.63, 3.8) is 0 Å². The first-order valence-corrected chi connectivity index (χ1v) is 5.84. The molecule has 8 heteroatoms. The van der Waals surface area contributed by atoms with Crippen molar-refractivity contribution in [3.05, 3.63) is 38.1 Å². The minimum Gasteiger partial charge on any atom is -0.384 e. The monoisotopic (exact) mass is 311 g/mol. The second-order valence-corrected chi connectivity index (χ2v) is 4.53. The van der Waals surface area contributed by atoms with Crippen LogP contribution in [0, 0.1) is 24.0 Å². The van der Waals surface area contributed by atoms with E-state index in [2.05, 4.69) is 26.0 Å². The minimum absolute atomic E-state index is 0.117. The van der Waals surface area contributed by atoms with Gasteiger partial charge in [0.25, 0.3) is 0 Å². The van der Waals surface area contributed by atoms with Crippen LogP contribution in [-0.2, 0) is 0 Å². The Kier molecular flexibility index (Phi) is 3.04. The molecule has 94 valence electrons. The Morgan fingerprint density at radius 2 is 2.11 bits per heavy atom. The van der Waals surface area contributed by atoms with Crippen LogP contribution >= 0.6 is 15.9 Å². The SMILES string of the molecule is Cc1nn(-c2nc(N)ccc2[N+](=O)[O-])c(C)c1Br. The number of pyridine rings is 1. The van der Waals surface area contributed by atoms with Gasteiger partial charge in [0.1, 0.15) is 5.82 Å². The number of aromatic nitrogens is 3. The summed E-state index contributed by atoms with van der Waals surface area (Å²) in [7, 11) is 0. The zero-order chi connectivity index (χ0) is 13.4. The van der Waals surface area contributed by atoms with Crippen molar-refractivity contribution in [3.8, 4) is 5.82 Å². The van der Waals surface area contributed by atoms with E-state index in [1.54, 1.807) is 13.8 Å². The third-order valence-corrected chi connectivity index (χ3v) is 3.62. The topological polar surface area (TPSA) is 99.9 Å². The van der Waals surface area contributed by atoms with Crippen molar-refractivity contribution in [2.45, 2.75) is 13.8 Å². The average Bonchev–Trinajstić information content (AvgIpc) is 2.56. The molecule has 7 nitrogen and oxygen atoms in total. The van der Waals surface area contributed by atoms with E-state index in [0.717, 1.165) is 15.9 Å². The van der Waals surface area contributed by atoms with Crippen LogP contribution in [0.5, 0.6) is 0 Å². The fourth-order valence-electron chi connectivity index (χ4n) is 1.58. The predicted molar refractivity (Wildman–Crippen MR) is 69.6 cm³/mol. The van der Waals surface area contributed by atoms with Crippen LogP contribution in [0.2, 0.25) is 0 Å². The normalized spacial score (nSPS) is 10.6. The lowest BCUT2D eigenvalue weighted by Gasteiger charge is -2.05. The molecular weight excluding hydrogens is 302 g/mol. The lowest BCUT2D eigenvalue weighted by Crippen LogP contribution is -2.07. The second kappa shape index (κ2) is 4.37. The standard InChI is InChI=1S/C10H10BrN5O2/c1-5-9(11)6(2)15(14-5)10-7(16(17)18)3-4-8(12)13-10/h3-4H,1-2H3,(H2,12,13). The molecule has 0 saturated heterocycles. The number of rotatable bonds is 2. The molecule has 0 aliphatic rings. The number of aryl methyl sites for hydroxylation is 1. The number of nitro groups is 1. The minimum atomic E-state index is -0.508. The van der Waals surface area contributed by atoms with Crippen molar-refractivity contribution < 1.29 is 4.92 Å². The highest BCUT2D eigenvalue weighted by Gasteiger charge is 2.21. The Morgan fingerprint density at radius 3 is 2.61 bits per heavy atom. The van der Waals surface area contributed by atoms with Gasteiger partial charge in [-0.1, -0.05) is 0 Å². The molecular formula is C10H10BrN5O2. The lowest BCUT2D eigenvalue weighted by molar-refractivity contribution is -0.384. The van der Waals surface area contributed by atoms with Crippen LogP contribution in [-0.4, -0.2) is 19.7 Å². The van der Waals surface area contributed by atoms with Gasteiger partial charge in [-0.25, -0.2) is 9.67 Å². The summed E-state index contributed by atoms with van der Waals surface area (Å²) in [5.41, 5.74) is 6.89. The summed E-state index contributed by atoms with van der Waals surface area (Å²) in [6.07, 6.45) is 0. The van der Waals surface area contributed by atoms with Crippen molar-refractivity contribution >= 4 is 27.4 Å². The maximum atomic E-state index is 11.0. The zero-order valence-electron chi connectivity index (χ0n) is 9.72. The number of hydrogen-bond acceptors (Lipinski definition) is 5. The van der Waals surface area contributed by atoms with Gasteiger partial charge in [-0.3, -0.25) is 10.1 Å². The van der Waals surface area contributed by atoms with E-state index in [-0.39, 0.29) is 17.3 Å². The third kappa shape index (κ3) is 1.94. The van der Waals surface area contributed by atoms with Crippen LogP contribution in [0.15, 0.2) is 16.6 Å². The van der Waals surface area contributed by atoms with Gasteiger partial charge < -0.3 is 5.73 Å². The predicted octanol–water partition coefficient (Wildman–Crippen LogP) is 2.14. The van der Waals surface area contributed by atoms with Crippen LogP contribution in [0.25, 0.3) is 5.82 Å². The van der Waals surface area contributed by atoms with Gasteiger partial charge in [-0.2, -0.15) is 5.10 Å². The largest absolute Gasteiger partial charge is 0.384 e. The van der Waals surface area contributed by atoms with E-state index in [1.807, 2.05) is 0 Å². The van der Waals surface area contributed by atoms with Gasteiger partial charge in [-0.05, 0) is 35.8 Å². The maximum Gasteiger partial charge on any atom is 0.313 e. The van der Waals surface area contributed by atoms with E-state index >= 15 is 0 Å². The molecule has 2 aromatic rings. The Morgan fingerprint density at radius 1 is 1.44 bits per heavy atom. The molecule has 18 heavy (non-hydrogen) atoms. The first-order valence-electron chi connectivity index (χ1n) is 5.05. The first-order chi connectivity index (χ1) is 8.41. The molecule has 0 saturated carbocycles. The Labute approximate surface area is 111 Å². The third-order valence-electron chi connectivity index (χ3n) is 2.48. The molecule has 0 aliphatic heterocycles. The van der Waals surface area contributed by atoms with Crippen LogP contribution in [0.4, 0.5) is 11.5 Å². The molecule has 0 fully saturated rings. The van der Waals surface area contributed by atoms with Gasteiger partial charge >= 0.3 is 5.69 Å². The van der Waals surface area contributed by atoms with Crippen LogP contribution in [0.1, 0.15) is 11.4 Å². The molecule has 2 N–H and O–H groups in total. The summed E-state index contributed by atoms with van der Waals surface area (Å²) in [6, 6.07) is 2.71. The number of nitrogens with zero attached hydrogens (tertiary/aromatic N) is 4. The molecule has 0 bridgehead atoms. The molecule has 0 unspecified atom stereocenters. The highest BCUT2D eigenvalue weighted by atomic mass is 79.9. The molecule has 0 amide bonds. The number of nitrogens with two attached hydrogens (primary N) is 1. The van der Waals surface area contributed by atoms with Crippen LogP contribution < -0.4 is 5.73 Å². The Hall–Kier alpha value is -1.96. The molecule has 2 heterocycles. The van der Waals surface area contributed by atoms with Crippen molar-refractivity contribution in [1.82, 2.24) is 14.8 Å². The fraction of sp³-hybridized carbons (Fsp3) is 0.200. The molecule has 0 aliphatic carbocycles. The van der Waals surface area contributed by atoms with Gasteiger partial charge in [-0.15, -0.1) is 0 Å². The summed E-state index contributed by atoms with van der Waals surface area (Å²) in [6.45, 7) is 3.59. The number of anilines is 1. The number of nitrogen functional groups attached to an aromatic ring is 1. The molecule has 0 aromatic carbocycles. The number of hydrogen-bond donors (Lipinski definition) is 1. The fourth-order valence-corrected chi connectivity index (χ4v) is 1.83. The Balaban J connectivity index is 2.73. The lowest BCUT2D eigenvalue weighted by atomic mass is 10.3. The van der Waals surface area contributed by atoms with E-state index < -0.39 is 4.92 Å². The summed E-state index contributed by atoms with van der Waals surface area (Å²) < 4.78 is 2.20.